The molecule has 0 spiro atoms. The molecule has 1 aliphatic carbocycles. The van der Waals surface area contributed by atoms with Gasteiger partial charge in [0.05, 0.1) is 12.7 Å². The number of nitrogens with one attached hydrogen (secondary N) is 1. The fourth-order valence-electron chi connectivity index (χ4n) is 1.70. The number of rotatable bonds is 5. The molecule has 0 amide bonds. The molecule has 0 saturated heterocycles. The molecule has 3 nitrogen and oxygen atoms in total. The summed E-state index contributed by atoms with van der Waals surface area (Å²) in [4.78, 5) is 0. The molecule has 0 unspecified atom stereocenters. The van der Waals surface area contributed by atoms with Crippen LogP contribution in [0.4, 0.5) is 0 Å². The average molecular weight is 173 g/mol. The molecule has 1 fully saturated rings. The predicted octanol–water partition coefficient (Wildman–Crippen LogP) is 0.526. The first kappa shape index (κ1) is 9.96. The van der Waals surface area contributed by atoms with Crippen molar-refractivity contribution in [3.8, 4) is 0 Å². The van der Waals surface area contributed by atoms with Gasteiger partial charge in [0, 0.05) is 12.6 Å². The third-order valence-electron chi connectivity index (χ3n) is 2.62. The van der Waals surface area contributed by atoms with Crippen LogP contribution >= 0.6 is 0 Å². The second-order valence-electron chi connectivity index (χ2n) is 3.63. The number of hydrogen-bond donors (Lipinski definition) is 2. The third kappa shape index (κ3) is 1.97. The van der Waals surface area contributed by atoms with E-state index in [2.05, 4.69) is 12.2 Å². The molecule has 0 heterocycles. The first-order valence-corrected chi connectivity index (χ1v) is 4.65. The van der Waals surface area contributed by atoms with E-state index in [0.29, 0.717) is 6.10 Å². The molecule has 0 aromatic rings. The van der Waals surface area contributed by atoms with Crippen molar-refractivity contribution < 1.29 is 9.84 Å². The fraction of sp³-hybridized carbons (Fsp3) is 1.00. The van der Waals surface area contributed by atoms with Crippen molar-refractivity contribution in [2.75, 3.05) is 20.3 Å². The van der Waals surface area contributed by atoms with Gasteiger partial charge in [-0.25, -0.2) is 0 Å². The van der Waals surface area contributed by atoms with Gasteiger partial charge in [-0.1, -0.05) is 6.92 Å². The van der Waals surface area contributed by atoms with Crippen molar-refractivity contribution in [3.05, 3.63) is 0 Å². The first-order chi connectivity index (χ1) is 5.76. The Morgan fingerprint density at radius 3 is 2.67 bits per heavy atom. The van der Waals surface area contributed by atoms with Crippen molar-refractivity contribution in [3.63, 3.8) is 0 Å². The van der Waals surface area contributed by atoms with Crippen LogP contribution in [0.1, 0.15) is 26.2 Å². The Morgan fingerprint density at radius 2 is 2.25 bits per heavy atom. The topological polar surface area (TPSA) is 41.5 Å². The van der Waals surface area contributed by atoms with E-state index in [9.17, 15) is 0 Å². The summed E-state index contributed by atoms with van der Waals surface area (Å²) in [6.07, 6.45) is 3.35. The molecule has 0 atom stereocenters. The molecule has 72 valence electrons. The molecule has 0 aromatic carbocycles. The van der Waals surface area contributed by atoms with Crippen LogP contribution < -0.4 is 5.32 Å². The van der Waals surface area contributed by atoms with Gasteiger partial charge >= 0.3 is 0 Å². The summed E-state index contributed by atoms with van der Waals surface area (Å²) in [7, 11) is 1.73. The Morgan fingerprint density at radius 1 is 1.58 bits per heavy atom. The minimum absolute atomic E-state index is 0.0311. The maximum absolute atomic E-state index is 9.16. The van der Waals surface area contributed by atoms with Gasteiger partial charge in [-0.15, -0.1) is 0 Å². The second kappa shape index (κ2) is 4.21. The number of methoxy groups -OCH3 is 1. The molecule has 12 heavy (non-hydrogen) atoms. The summed E-state index contributed by atoms with van der Waals surface area (Å²) in [5, 5.41) is 12.5. The smallest absolute Gasteiger partial charge is 0.0615 e. The standard InChI is InChI=1S/C9H19NO2/c1-3-4-10-9(7-11)5-8(6-9)12-2/h8,10-11H,3-7H2,1-2H3. The van der Waals surface area contributed by atoms with E-state index in [4.69, 9.17) is 9.84 Å². The zero-order valence-electron chi connectivity index (χ0n) is 7.97. The maximum atomic E-state index is 9.16. The zero-order chi connectivity index (χ0) is 9.03. The van der Waals surface area contributed by atoms with Crippen LogP contribution in [-0.4, -0.2) is 37.0 Å². The average Bonchev–Trinajstić information content (AvgIpc) is 2.04. The van der Waals surface area contributed by atoms with Gasteiger partial charge in [0.1, 0.15) is 0 Å². The lowest BCUT2D eigenvalue weighted by Gasteiger charge is -2.46. The maximum Gasteiger partial charge on any atom is 0.0615 e. The van der Waals surface area contributed by atoms with E-state index in [-0.39, 0.29) is 12.1 Å². The van der Waals surface area contributed by atoms with Gasteiger partial charge in [-0.05, 0) is 25.8 Å². The number of aliphatic hydroxyl groups is 1. The highest BCUT2D eigenvalue weighted by atomic mass is 16.5. The van der Waals surface area contributed by atoms with Crippen LogP contribution in [0, 0.1) is 0 Å². The van der Waals surface area contributed by atoms with E-state index in [1.807, 2.05) is 0 Å². The van der Waals surface area contributed by atoms with Crippen LogP contribution in [0.25, 0.3) is 0 Å². The van der Waals surface area contributed by atoms with Crippen LogP contribution in [0.2, 0.25) is 0 Å². The molecular weight excluding hydrogens is 154 g/mol. The van der Waals surface area contributed by atoms with Gasteiger partial charge in [-0.2, -0.15) is 0 Å². The molecule has 0 aliphatic heterocycles. The van der Waals surface area contributed by atoms with E-state index in [0.717, 1.165) is 25.8 Å². The van der Waals surface area contributed by atoms with Crippen molar-refractivity contribution in [2.24, 2.45) is 0 Å². The predicted molar refractivity (Wildman–Crippen MR) is 48.1 cm³/mol. The Hall–Kier alpha value is -0.120. The largest absolute Gasteiger partial charge is 0.394 e. The fourth-order valence-corrected chi connectivity index (χ4v) is 1.70. The van der Waals surface area contributed by atoms with Crippen LogP contribution in [-0.2, 0) is 4.74 Å². The molecular formula is C9H19NO2. The van der Waals surface area contributed by atoms with E-state index in [1.165, 1.54) is 0 Å². The second-order valence-corrected chi connectivity index (χ2v) is 3.63. The molecule has 0 radical (unpaired) electrons. The molecule has 0 bridgehead atoms. The summed E-state index contributed by atoms with van der Waals surface area (Å²) in [5.41, 5.74) is -0.0311. The Labute approximate surface area is 74.1 Å². The first-order valence-electron chi connectivity index (χ1n) is 4.65. The van der Waals surface area contributed by atoms with Crippen molar-refractivity contribution in [1.29, 1.82) is 0 Å². The summed E-state index contributed by atoms with van der Waals surface area (Å²) in [5.74, 6) is 0. The van der Waals surface area contributed by atoms with Gasteiger partial charge in [-0.3, -0.25) is 0 Å². The lowest BCUT2D eigenvalue weighted by Crippen LogP contribution is -2.60. The summed E-state index contributed by atoms with van der Waals surface area (Å²) in [6.45, 7) is 3.34. The van der Waals surface area contributed by atoms with Crippen LogP contribution in [0.5, 0.6) is 0 Å². The Bertz CT molecular complexity index is 127. The number of ether oxygens (including phenoxy) is 1. The van der Waals surface area contributed by atoms with Crippen molar-refractivity contribution in [2.45, 2.75) is 37.8 Å². The summed E-state index contributed by atoms with van der Waals surface area (Å²) >= 11 is 0. The molecule has 2 N–H and O–H groups in total. The van der Waals surface area contributed by atoms with Crippen molar-refractivity contribution in [1.82, 2.24) is 5.32 Å². The van der Waals surface area contributed by atoms with Gasteiger partial charge < -0.3 is 15.2 Å². The molecule has 0 aromatic heterocycles. The number of hydrogen-bond acceptors (Lipinski definition) is 3. The minimum Gasteiger partial charge on any atom is -0.394 e. The molecule has 3 heteroatoms. The Balaban J connectivity index is 2.26. The molecule has 1 rings (SSSR count). The Kier molecular flexibility index (Phi) is 3.50. The summed E-state index contributed by atoms with van der Waals surface area (Å²) in [6, 6.07) is 0. The highest BCUT2D eigenvalue weighted by Gasteiger charge is 2.43. The normalized spacial score (nSPS) is 34.8. The highest BCUT2D eigenvalue weighted by molar-refractivity contribution is 5.01. The van der Waals surface area contributed by atoms with Gasteiger partial charge in [0.2, 0.25) is 0 Å². The quantitative estimate of drug-likeness (QED) is 0.637. The molecule has 1 aliphatic rings. The van der Waals surface area contributed by atoms with E-state index in [1.54, 1.807) is 7.11 Å². The van der Waals surface area contributed by atoms with Gasteiger partial charge in [0.25, 0.3) is 0 Å². The zero-order valence-corrected chi connectivity index (χ0v) is 7.97. The van der Waals surface area contributed by atoms with Crippen LogP contribution in [0.3, 0.4) is 0 Å². The lowest BCUT2D eigenvalue weighted by atomic mass is 9.74. The third-order valence-corrected chi connectivity index (χ3v) is 2.62. The highest BCUT2D eigenvalue weighted by Crippen LogP contribution is 2.33. The molecule has 1 saturated carbocycles. The minimum atomic E-state index is -0.0311. The van der Waals surface area contributed by atoms with Crippen molar-refractivity contribution >= 4 is 0 Å². The van der Waals surface area contributed by atoms with E-state index < -0.39 is 0 Å². The van der Waals surface area contributed by atoms with Gasteiger partial charge in [0.15, 0.2) is 0 Å². The van der Waals surface area contributed by atoms with E-state index >= 15 is 0 Å². The summed E-state index contributed by atoms with van der Waals surface area (Å²) < 4.78 is 5.17. The monoisotopic (exact) mass is 173 g/mol. The van der Waals surface area contributed by atoms with Crippen LogP contribution in [0.15, 0.2) is 0 Å². The number of aliphatic hydroxyl groups excluding tert-OH is 1. The SMILES string of the molecule is CCCNC1(CO)CC(OC)C1. The lowest BCUT2D eigenvalue weighted by molar-refractivity contribution is -0.0522.